The lowest BCUT2D eigenvalue weighted by Gasteiger charge is -2.10. The summed E-state index contributed by atoms with van der Waals surface area (Å²) < 4.78 is 6.67. The quantitative estimate of drug-likeness (QED) is 0.309. The van der Waals surface area contributed by atoms with Gasteiger partial charge in [0.05, 0.1) is 16.4 Å². The highest BCUT2D eigenvalue weighted by molar-refractivity contribution is 14.1. The van der Waals surface area contributed by atoms with Crippen molar-refractivity contribution in [3.8, 4) is 17.6 Å². The minimum absolute atomic E-state index is 0.0157. The van der Waals surface area contributed by atoms with E-state index in [-0.39, 0.29) is 11.3 Å². The number of methoxy groups -OCH3 is 1. The van der Waals surface area contributed by atoms with Crippen LogP contribution in [-0.4, -0.2) is 18.1 Å². The molecule has 0 radical (unpaired) electrons. The number of phenols is 1. The molecule has 2 N–H and O–H groups in total. The van der Waals surface area contributed by atoms with Crippen LogP contribution >= 0.6 is 56.8 Å². The van der Waals surface area contributed by atoms with Crippen LogP contribution in [0.3, 0.4) is 0 Å². The predicted octanol–water partition coefficient (Wildman–Crippen LogP) is 4.81. The van der Waals surface area contributed by atoms with Gasteiger partial charge >= 0.3 is 0 Å². The van der Waals surface area contributed by atoms with E-state index in [4.69, 9.17) is 16.3 Å². The maximum Gasteiger partial charge on any atom is 0.266 e. The van der Waals surface area contributed by atoms with E-state index in [0.717, 1.165) is 3.57 Å². The monoisotopic (exact) mass is 580 g/mol. The molecule has 0 aliphatic heterocycles. The number of aromatic hydroxyl groups is 1. The molecule has 0 bridgehead atoms. The Labute approximate surface area is 176 Å². The van der Waals surface area contributed by atoms with Crippen LogP contribution in [0.2, 0.25) is 5.02 Å². The Kier molecular flexibility index (Phi) is 6.92. The number of hydrogen-bond acceptors (Lipinski definition) is 4. The zero-order chi connectivity index (χ0) is 18.6. The van der Waals surface area contributed by atoms with Crippen molar-refractivity contribution in [1.82, 2.24) is 0 Å². The van der Waals surface area contributed by atoms with Crippen LogP contribution in [-0.2, 0) is 4.79 Å². The molecule has 5 nitrogen and oxygen atoms in total. The molecule has 0 aromatic heterocycles. The molecule has 0 heterocycles. The number of nitrogens with one attached hydrogen (secondary N) is 1. The average Bonchev–Trinajstić information content (AvgIpc) is 2.56. The van der Waals surface area contributed by atoms with Crippen molar-refractivity contribution in [2.45, 2.75) is 0 Å². The molecule has 0 saturated heterocycles. The number of carbonyl (C=O) groups is 1. The largest absolute Gasteiger partial charge is 0.506 e. The fraction of sp³-hybridized carbons (Fsp3) is 0.0588. The summed E-state index contributed by atoms with van der Waals surface area (Å²) in [6.45, 7) is 0. The van der Waals surface area contributed by atoms with Crippen LogP contribution in [0.25, 0.3) is 6.08 Å². The molecule has 0 aliphatic carbocycles. The van der Waals surface area contributed by atoms with Crippen LogP contribution in [0.5, 0.6) is 11.5 Å². The van der Waals surface area contributed by atoms with Gasteiger partial charge in [0.1, 0.15) is 23.1 Å². The third-order valence-corrected chi connectivity index (χ3v) is 4.81. The molecule has 0 aliphatic rings. The second-order valence-corrected chi connectivity index (χ2v) is 7.64. The molecule has 2 aromatic carbocycles. The van der Waals surface area contributed by atoms with E-state index < -0.39 is 5.91 Å². The Morgan fingerprint density at radius 2 is 2.08 bits per heavy atom. The maximum atomic E-state index is 12.4. The molecule has 0 fully saturated rings. The van der Waals surface area contributed by atoms with E-state index in [9.17, 15) is 15.2 Å². The Bertz CT molecular complexity index is 907. The van der Waals surface area contributed by atoms with E-state index in [1.54, 1.807) is 24.3 Å². The van der Waals surface area contributed by atoms with Crippen LogP contribution in [0, 0.1) is 18.5 Å². The van der Waals surface area contributed by atoms with Crippen molar-refractivity contribution in [2.75, 3.05) is 12.4 Å². The summed E-state index contributed by atoms with van der Waals surface area (Å²) in [6.07, 6.45) is 1.34. The molecule has 0 unspecified atom stereocenters. The maximum absolute atomic E-state index is 12.4. The summed E-state index contributed by atoms with van der Waals surface area (Å²) >= 11 is 10.0. The van der Waals surface area contributed by atoms with Crippen LogP contribution in [0.15, 0.2) is 35.9 Å². The van der Waals surface area contributed by atoms with E-state index in [0.29, 0.717) is 25.6 Å². The van der Waals surface area contributed by atoms with Gasteiger partial charge in [0, 0.05) is 14.2 Å². The van der Waals surface area contributed by atoms with Gasteiger partial charge in [-0.2, -0.15) is 5.26 Å². The molecule has 128 valence electrons. The molecular weight excluding hydrogens is 569 g/mol. The summed E-state index contributed by atoms with van der Waals surface area (Å²) in [4.78, 5) is 12.4. The molecule has 0 saturated carbocycles. The standard InChI is InChI=1S/C17H11ClI2N2O3/c1-25-15-3-2-11(18)6-14(15)22-17(24)10(8-21)4-9-5-12(19)7-13(20)16(9)23/h2-7,23H,1H3,(H,22,24)/b10-4+. The number of carbonyl (C=O) groups excluding carboxylic acids is 1. The third-order valence-electron chi connectivity index (χ3n) is 3.13. The first-order valence-electron chi connectivity index (χ1n) is 6.80. The van der Waals surface area contributed by atoms with E-state index in [2.05, 4.69) is 27.9 Å². The van der Waals surface area contributed by atoms with Gasteiger partial charge in [-0.3, -0.25) is 4.79 Å². The number of amides is 1. The Hall–Kier alpha value is -1.51. The van der Waals surface area contributed by atoms with Gasteiger partial charge < -0.3 is 15.2 Å². The van der Waals surface area contributed by atoms with E-state index in [1.165, 1.54) is 19.3 Å². The third kappa shape index (κ3) is 4.99. The SMILES string of the molecule is COc1ccc(Cl)cc1NC(=O)/C(C#N)=C/c1cc(I)cc(I)c1O. The van der Waals surface area contributed by atoms with Crippen molar-refractivity contribution >= 4 is 74.5 Å². The number of anilines is 1. The zero-order valence-electron chi connectivity index (χ0n) is 12.8. The van der Waals surface area contributed by atoms with Gasteiger partial charge in [-0.25, -0.2) is 0 Å². The van der Waals surface area contributed by atoms with Crippen LogP contribution < -0.4 is 10.1 Å². The minimum atomic E-state index is -0.628. The highest BCUT2D eigenvalue weighted by atomic mass is 127. The second kappa shape index (κ2) is 8.73. The number of hydrogen-bond donors (Lipinski definition) is 2. The van der Waals surface area contributed by atoms with Crippen LogP contribution in [0.1, 0.15) is 5.56 Å². The first-order valence-corrected chi connectivity index (χ1v) is 9.34. The minimum Gasteiger partial charge on any atom is -0.506 e. The van der Waals surface area contributed by atoms with Gasteiger partial charge in [0.15, 0.2) is 0 Å². The smallest absolute Gasteiger partial charge is 0.266 e. The number of nitrogens with zero attached hydrogens (tertiary/aromatic N) is 1. The molecule has 2 rings (SSSR count). The molecular formula is C17H11ClI2N2O3. The molecule has 8 heteroatoms. The van der Waals surface area contributed by atoms with Gasteiger partial charge in [0.2, 0.25) is 0 Å². The van der Waals surface area contributed by atoms with E-state index in [1.807, 2.05) is 28.7 Å². The van der Waals surface area contributed by atoms with Crippen molar-refractivity contribution in [1.29, 1.82) is 5.26 Å². The number of nitriles is 1. The molecule has 1 amide bonds. The van der Waals surface area contributed by atoms with Gasteiger partial charge in [0.25, 0.3) is 5.91 Å². The lowest BCUT2D eigenvalue weighted by atomic mass is 10.1. The summed E-state index contributed by atoms with van der Waals surface area (Å²) in [5, 5.41) is 22.5. The summed E-state index contributed by atoms with van der Waals surface area (Å²) in [5.41, 5.74) is 0.582. The number of halogens is 3. The van der Waals surface area contributed by atoms with Gasteiger partial charge in [-0.15, -0.1) is 0 Å². The summed E-state index contributed by atoms with van der Waals surface area (Å²) in [7, 11) is 1.46. The van der Waals surface area contributed by atoms with Gasteiger partial charge in [-0.1, -0.05) is 11.6 Å². The first kappa shape index (κ1) is 19.8. The average molecular weight is 581 g/mol. The number of rotatable bonds is 4. The fourth-order valence-corrected chi connectivity index (χ4v) is 4.03. The summed E-state index contributed by atoms with van der Waals surface area (Å²) in [6, 6.07) is 10.1. The molecule has 25 heavy (non-hydrogen) atoms. The number of ether oxygens (including phenoxy) is 1. The Morgan fingerprint density at radius 3 is 2.72 bits per heavy atom. The topological polar surface area (TPSA) is 82.3 Å². The Balaban J connectivity index is 2.37. The lowest BCUT2D eigenvalue weighted by Crippen LogP contribution is -2.14. The Morgan fingerprint density at radius 1 is 1.36 bits per heavy atom. The first-order chi connectivity index (χ1) is 11.8. The highest BCUT2D eigenvalue weighted by Gasteiger charge is 2.15. The second-order valence-electron chi connectivity index (χ2n) is 4.79. The zero-order valence-corrected chi connectivity index (χ0v) is 17.9. The highest BCUT2D eigenvalue weighted by Crippen LogP contribution is 2.30. The van der Waals surface area contributed by atoms with Crippen molar-refractivity contribution in [3.63, 3.8) is 0 Å². The lowest BCUT2D eigenvalue weighted by molar-refractivity contribution is -0.112. The predicted molar refractivity (Wildman–Crippen MR) is 114 cm³/mol. The van der Waals surface area contributed by atoms with E-state index >= 15 is 0 Å². The van der Waals surface area contributed by atoms with Crippen molar-refractivity contribution in [3.05, 3.63) is 53.6 Å². The van der Waals surface area contributed by atoms with Crippen LogP contribution in [0.4, 0.5) is 5.69 Å². The molecule has 0 atom stereocenters. The molecule has 0 spiro atoms. The summed E-state index contributed by atoms with van der Waals surface area (Å²) in [5.74, 6) is -0.195. The molecule has 2 aromatic rings. The van der Waals surface area contributed by atoms with Crippen molar-refractivity contribution < 1.29 is 14.6 Å². The van der Waals surface area contributed by atoms with Gasteiger partial charge in [-0.05, 0) is 81.6 Å². The number of phenolic OH excluding ortho intramolecular Hbond substituents is 1. The fourth-order valence-electron chi connectivity index (χ4n) is 1.97. The van der Waals surface area contributed by atoms with Crippen molar-refractivity contribution in [2.24, 2.45) is 0 Å². The number of benzene rings is 2. The normalized spacial score (nSPS) is 10.9.